The SMILES string of the molecule is O=C1Cc2cc(Cl)ccc2N1CCCN1CCN(c2cccc(Cl)c2)CC1. The first-order valence-electron chi connectivity index (χ1n) is 9.42. The second kappa shape index (κ2) is 8.09. The molecular weight excluding hydrogens is 381 g/mol. The average Bonchev–Trinajstić information content (AvgIpc) is 2.97. The maximum Gasteiger partial charge on any atom is 0.231 e. The van der Waals surface area contributed by atoms with Crippen LogP contribution in [0.15, 0.2) is 42.5 Å². The molecule has 0 spiro atoms. The Morgan fingerprint density at radius 2 is 1.67 bits per heavy atom. The fraction of sp³-hybridized carbons (Fsp3) is 0.381. The van der Waals surface area contributed by atoms with Gasteiger partial charge >= 0.3 is 0 Å². The highest BCUT2D eigenvalue weighted by Gasteiger charge is 2.27. The molecule has 2 heterocycles. The van der Waals surface area contributed by atoms with Crippen LogP contribution >= 0.6 is 23.2 Å². The molecule has 0 N–H and O–H groups in total. The van der Waals surface area contributed by atoms with Crippen molar-refractivity contribution in [2.75, 3.05) is 49.1 Å². The van der Waals surface area contributed by atoms with Gasteiger partial charge in [-0.1, -0.05) is 29.3 Å². The summed E-state index contributed by atoms with van der Waals surface area (Å²) in [5.74, 6) is 0.179. The zero-order valence-corrected chi connectivity index (χ0v) is 16.7. The number of anilines is 2. The number of nitrogens with zero attached hydrogens (tertiary/aromatic N) is 3. The van der Waals surface area contributed by atoms with E-state index in [1.54, 1.807) is 0 Å². The van der Waals surface area contributed by atoms with E-state index in [0.29, 0.717) is 11.4 Å². The van der Waals surface area contributed by atoms with Gasteiger partial charge in [0.25, 0.3) is 0 Å². The Kier molecular flexibility index (Phi) is 5.58. The minimum atomic E-state index is 0.179. The monoisotopic (exact) mass is 403 g/mol. The van der Waals surface area contributed by atoms with Crippen LogP contribution in [0.5, 0.6) is 0 Å². The summed E-state index contributed by atoms with van der Waals surface area (Å²) < 4.78 is 0. The lowest BCUT2D eigenvalue weighted by Crippen LogP contribution is -2.47. The molecule has 0 radical (unpaired) electrons. The maximum atomic E-state index is 12.3. The first kappa shape index (κ1) is 18.6. The Bertz CT molecular complexity index is 834. The Hall–Kier alpha value is -1.75. The number of piperazine rings is 1. The second-order valence-electron chi connectivity index (χ2n) is 7.16. The molecular formula is C21H23Cl2N3O. The van der Waals surface area contributed by atoms with E-state index in [1.165, 1.54) is 5.69 Å². The van der Waals surface area contributed by atoms with Crippen LogP contribution in [0.25, 0.3) is 0 Å². The van der Waals surface area contributed by atoms with E-state index in [-0.39, 0.29) is 5.91 Å². The van der Waals surface area contributed by atoms with Gasteiger partial charge in [-0.2, -0.15) is 0 Å². The zero-order chi connectivity index (χ0) is 18.8. The van der Waals surface area contributed by atoms with E-state index in [4.69, 9.17) is 23.2 Å². The number of benzene rings is 2. The Morgan fingerprint density at radius 1 is 0.889 bits per heavy atom. The molecule has 0 aromatic heterocycles. The van der Waals surface area contributed by atoms with Crippen LogP contribution in [0.1, 0.15) is 12.0 Å². The molecule has 4 nitrogen and oxygen atoms in total. The molecule has 142 valence electrons. The van der Waals surface area contributed by atoms with E-state index in [2.05, 4.69) is 15.9 Å². The number of carbonyl (C=O) groups is 1. The quantitative estimate of drug-likeness (QED) is 0.751. The molecule has 2 aliphatic rings. The summed E-state index contributed by atoms with van der Waals surface area (Å²) in [5.41, 5.74) is 3.26. The number of halogens is 2. The second-order valence-corrected chi connectivity index (χ2v) is 8.03. The standard InChI is InChI=1S/C21H23Cl2N3O/c22-17-3-1-4-19(15-17)25-11-9-24(10-12-25)7-2-8-26-20-6-5-18(23)13-16(20)14-21(26)27/h1,3-6,13,15H,2,7-12,14H2. The van der Waals surface area contributed by atoms with Crippen LogP contribution in [0.3, 0.4) is 0 Å². The van der Waals surface area contributed by atoms with Gasteiger partial charge in [0.2, 0.25) is 5.91 Å². The summed E-state index contributed by atoms with van der Waals surface area (Å²) in [4.78, 5) is 19.1. The third kappa shape index (κ3) is 4.23. The molecule has 1 saturated heterocycles. The van der Waals surface area contributed by atoms with Crippen LogP contribution in [-0.2, 0) is 11.2 Å². The smallest absolute Gasteiger partial charge is 0.231 e. The van der Waals surface area contributed by atoms with Gasteiger partial charge in [0, 0.05) is 54.1 Å². The summed E-state index contributed by atoms with van der Waals surface area (Å²) in [5, 5.41) is 1.48. The molecule has 6 heteroatoms. The summed E-state index contributed by atoms with van der Waals surface area (Å²) in [6.45, 7) is 5.85. The Labute approximate surface area is 170 Å². The normalized spacial score (nSPS) is 17.5. The lowest BCUT2D eigenvalue weighted by atomic mass is 10.2. The Morgan fingerprint density at radius 3 is 2.44 bits per heavy atom. The van der Waals surface area contributed by atoms with Crippen LogP contribution in [0, 0.1) is 0 Å². The number of hydrogen-bond acceptors (Lipinski definition) is 3. The molecule has 0 atom stereocenters. The largest absolute Gasteiger partial charge is 0.369 e. The summed E-state index contributed by atoms with van der Waals surface area (Å²) in [7, 11) is 0. The zero-order valence-electron chi connectivity index (χ0n) is 15.2. The van der Waals surface area contributed by atoms with Crippen molar-refractivity contribution >= 4 is 40.5 Å². The first-order valence-corrected chi connectivity index (χ1v) is 10.2. The van der Waals surface area contributed by atoms with Crippen LogP contribution in [-0.4, -0.2) is 50.1 Å². The van der Waals surface area contributed by atoms with Crippen molar-refractivity contribution in [3.05, 3.63) is 58.1 Å². The van der Waals surface area contributed by atoms with Crippen molar-refractivity contribution in [2.45, 2.75) is 12.8 Å². The van der Waals surface area contributed by atoms with E-state index in [1.807, 2.05) is 41.3 Å². The van der Waals surface area contributed by atoms with Gasteiger partial charge in [0.05, 0.1) is 6.42 Å². The minimum Gasteiger partial charge on any atom is -0.369 e. The molecule has 0 aliphatic carbocycles. The topological polar surface area (TPSA) is 26.8 Å². The van der Waals surface area contributed by atoms with Crippen LogP contribution < -0.4 is 9.80 Å². The molecule has 0 saturated carbocycles. The Balaban J connectivity index is 1.26. The molecule has 1 amide bonds. The van der Waals surface area contributed by atoms with Crippen molar-refractivity contribution in [1.82, 2.24) is 4.90 Å². The predicted octanol–water partition coefficient (Wildman–Crippen LogP) is 4.09. The van der Waals surface area contributed by atoms with Gasteiger partial charge in [-0.15, -0.1) is 0 Å². The average molecular weight is 404 g/mol. The number of rotatable bonds is 5. The molecule has 2 aromatic rings. The van der Waals surface area contributed by atoms with Crippen molar-refractivity contribution < 1.29 is 4.79 Å². The number of fused-ring (bicyclic) bond motifs is 1. The van der Waals surface area contributed by atoms with Gasteiger partial charge in [-0.3, -0.25) is 9.69 Å². The van der Waals surface area contributed by atoms with Crippen molar-refractivity contribution in [3.63, 3.8) is 0 Å². The van der Waals surface area contributed by atoms with Crippen molar-refractivity contribution in [1.29, 1.82) is 0 Å². The van der Waals surface area contributed by atoms with Gasteiger partial charge in [0.1, 0.15) is 0 Å². The van der Waals surface area contributed by atoms with Crippen LogP contribution in [0.2, 0.25) is 10.0 Å². The third-order valence-corrected chi connectivity index (χ3v) is 5.85. The first-order chi connectivity index (χ1) is 13.1. The van der Waals surface area contributed by atoms with Gasteiger partial charge in [-0.25, -0.2) is 0 Å². The van der Waals surface area contributed by atoms with E-state index >= 15 is 0 Å². The number of carbonyl (C=O) groups excluding carboxylic acids is 1. The highest BCUT2D eigenvalue weighted by Crippen LogP contribution is 2.31. The molecule has 2 aromatic carbocycles. The highest BCUT2D eigenvalue weighted by atomic mass is 35.5. The van der Waals surface area contributed by atoms with Crippen molar-refractivity contribution in [2.24, 2.45) is 0 Å². The molecule has 0 bridgehead atoms. The molecule has 4 rings (SSSR count). The minimum absolute atomic E-state index is 0.179. The molecule has 2 aliphatic heterocycles. The maximum absolute atomic E-state index is 12.3. The fourth-order valence-corrected chi connectivity index (χ4v) is 4.33. The summed E-state index contributed by atoms with van der Waals surface area (Å²) in [6.07, 6.45) is 1.44. The molecule has 0 unspecified atom stereocenters. The highest BCUT2D eigenvalue weighted by molar-refractivity contribution is 6.31. The lowest BCUT2D eigenvalue weighted by molar-refractivity contribution is -0.117. The van der Waals surface area contributed by atoms with E-state index < -0.39 is 0 Å². The van der Waals surface area contributed by atoms with Crippen molar-refractivity contribution in [3.8, 4) is 0 Å². The third-order valence-electron chi connectivity index (χ3n) is 5.38. The predicted molar refractivity (Wildman–Crippen MR) is 112 cm³/mol. The fourth-order valence-electron chi connectivity index (χ4n) is 3.95. The summed E-state index contributed by atoms with van der Waals surface area (Å²) >= 11 is 12.1. The summed E-state index contributed by atoms with van der Waals surface area (Å²) in [6, 6.07) is 13.8. The van der Waals surface area contributed by atoms with E-state index in [9.17, 15) is 4.79 Å². The van der Waals surface area contributed by atoms with Crippen LogP contribution in [0.4, 0.5) is 11.4 Å². The lowest BCUT2D eigenvalue weighted by Gasteiger charge is -2.36. The van der Waals surface area contributed by atoms with Gasteiger partial charge in [0.15, 0.2) is 0 Å². The van der Waals surface area contributed by atoms with Gasteiger partial charge < -0.3 is 9.80 Å². The van der Waals surface area contributed by atoms with E-state index in [0.717, 1.165) is 62.0 Å². The molecule has 1 fully saturated rings. The number of hydrogen-bond donors (Lipinski definition) is 0. The number of amides is 1. The van der Waals surface area contributed by atoms with Gasteiger partial charge in [-0.05, 0) is 54.9 Å². The molecule has 27 heavy (non-hydrogen) atoms.